The minimum atomic E-state index is -0.0808. The molecule has 0 spiro atoms. The number of benzene rings is 3. The van der Waals surface area contributed by atoms with Crippen molar-refractivity contribution < 1.29 is 18.9 Å². The second-order valence-corrected chi connectivity index (χ2v) is 9.72. The third kappa shape index (κ3) is 4.78. The van der Waals surface area contributed by atoms with Gasteiger partial charge in [0.05, 0.1) is 33.4 Å². The largest absolute Gasteiger partial charge is 0.497 e. The second kappa shape index (κ2) is 10.1. The van der Waals surface area contributed by atoms with Crippen LogP contribution in [0.1, 0.15) is 5.56 Å². The van der Waals surface area contributed by atoms with E-state index in [-0.39, 0.29) is 5.56 Å². The fraction of sp³-hybridized carbons (Fsp3) is 0.154. The van der Waals surface area contributed by atoms with Crippen LogP contribution in [0.15, 0.2) is 65.5 Å². The summed E-state index contributed by atoms with van der Waals surface area (Å²) in [6.07, 6.45) is 1.86. The van der Waals surface area contributed by atoms with Gasteiger partial charge in [-0.3, -0.25) is 4.79 Å². The van der Waals surface area contributed by atoms with Crippen LogP contribution in [0.3, 0.4) is 0 Å². The van der Waals surface area contributed by atoms with Crippen LogP contribution in [0.5, 0.6) is 23.0 Å². The van der Waals surface area contributed by atoms with Gasteiger partial charge in [0.15, 0.2) is 16.5 Å². The highest BCUT2D eigenvalue weighted by molar-refractivity contribution is 14.1. The fourth-order valence-corrected chi connectivity index (χ4v) is 5.49. The number of halogens is 1. The van der Waals surface area contributed by atoms with E-state index in [0.717, 1.165) is 25.9 Å². The van der Waals surface area contributed by atoms with Crippen molar-refractivity contribution in [1.82, 2.24) is 9.38 Å². The van der Waals surface area contributed by atoms with Gasteiger partial charge in [-0.15, -0.1) is 0 Å². The Bertz CT molecular complexity index is 1630. The average Bonchev–Trinajstić information content (AvgIpc) is 3.38. The van der Waals surface area contributed by atoms with Gasteiger partial charge in [0.1, 0.15) is 24.7 Å². The molecule has 0 aliphatic heterocycles. The van der Waals surface area contributed by atoms with Crippen LogP contribution in [-0.4, -0.2) is 36.8 Å². The molecular weight excluding hydrogens is 579 g/mol. The molecule has 7 nitrogen and oxygen atoms in total. The van der Waals surface area contributed by atoms with Crippen LogP contribution in [0.2, 0.25) is 0 Å². The zero-order chi connectivity index (χ0) is 24.4. The number of nitrogens with zero attached hydrogens (tertiary/aromatic N) is 2. The smallest absolute Gasteiger partial charge is 0.274 e. The van der Waals surface area contributed by atoms with Crippen molar-refractivity contribution in [3.05, 3.63) is 84.7 Å². The molecular formula is C26H21IN2O5S. The first-order valence-corrected chi connectivity index (χ1v) is 12.7. The first-order chi connectivity index (χ1) is 17.1. The van der Waals surface area contributed by atoms with Gasteiger partial charge in [0.25, 0.3) is 5.56 Å². The maximum absolute atomic E-state index is 13.1. The van der Waals surface area contributed by atoms with E-state index in [9.17, 15) is 4.79 Å². The molecule has 0 amide bonds. The van der Waals surface area contributed by atoms with Gasteiger partial charge in [0, 0.05) is 6.07 Å². The van der Waals surface area contributed by atoms with Crippen LogP contribution in [0.4, 0.5) is 0 Å². The summed E-state index contributed by atoms with van der Waals surface area (Å²) in [4.78, 5) is 18.3. The summed E-state index contributed by atoms with van der Waals surface area (Å²) in [6.45, 7) is 0.704. The number of methoxy groups -OCH3 is 2. The molecule has 2 aromatic heterocycles. The third-order valence-corrected chi connectivity index (χ3v) is 7.10. The highest BCUT2D eigenvalue weighted by Crippen LogP contribution is 2.34. The van der Waals surface area contributed by atoms with E-state index in [0.29, 0.717) is 40.0 Å². The Morgan fingerprint density at radius 3 is 2.60 bits per heavy atom. The Labute approximate surface area is 218 Å². The number of hydrogen-bond donors (Lipinski definition) is 0. The maximum Gasteiger partial charge on any atom is 0.274 e. The normalized spacial score (nSPS) is 11.8. The van der Waals surface area contributed by atoms with Gasteiger partial charge < -0.3 is 18.9 Å². The highest BCUT2D eigenvalue weighted by Gasteiger charge is 2.14. The zero-order valence-corrected chi connectivity index (χ0v) is 22.0. The van der Waals surface area contributed by atoms with Crippen LogP contribution in [0, 0.1) is 3.57 Å². The Hall–Kier alpha value is -3.31. The van der Waals surface area contributed by atoms with E-state index < -0.39 is 0 Å². The van der Waals surface area contributed by atoms with Crippen molar-refractivity contribution in [2.75, 3.05) is 27.4 Å². The van der Waals surface area contributed by atoms with Gasteiger partial charge in [0.2, 0.25) is 0 Å². The van der Waals surface area contributed by atoms with Gasteiger partial charge in [-0.1, -0.05) is 29.5 Å². The quantitative estimate of drug-likeness (QED) is 0.193. The molecule has 0 saturated heterocycles. The molecule has 0 N–H and O–H groups in total. The lowest BCUT2D eigenvalue weighted by molar-refractivity contribution is 0.210. The maximum atomic E-state index is 13.1. The highest BCUT2D eigenvalue weighted by atomic mass is 127. The van der Waals surface area contributed by atoms with Crippen molar-refractivity contribution >= 4 is 56.0 Å². The molecule has 0 radical (unpaired) electrons. The summed E-state index contributed by atoms with van der Waals surface area (Å²) >= 11 is 3.58. The monoisotopic (exact) mass is 600 g/mol. The molecule has 0 unspecified atom stereocenters. The van der Waals surface area contributed by atoms with Gasteiger partial charge in [-0.05, 0) is 70.6 Å². The van der Waals surface area contributed by atoms with E-state index in [4.69, 9.17) is 18.9 Å². The molecule has 0 atom stereocenters. The molecule has 9 heteroatoms. The number of aromatic nitrogens is 2. The summed E-state index contributed by atoms with van der Waals surface area (Å²) in [5.41, 5.74) is 2.39. The number of hydrogen-bond acceptors (Lipinski definition) is 7. The number of imidazole rings is 1. The Morgan fingerprint density at radius 2 is 1.77 bits per heavy atom. The molecule has 0 bridgehead atoms. The van der Waals surface area contributed by atoms with E-state index >= 15 is 0 Å². The molecule has 0 saturated carbocycles. The van der Waals surface area contributed by atoms with E-state index in [1.54, 1.807) is 18.6 Å². The zero-order valence-electron chi connectivity index (χ0n) is 19.0. The van der Waals surface area contributed by atoms with E-state index in [1.165, 1.54) is 11.3 Å². The minimum absolute atomic E-state index is 0.0808. The summed E-state index contributed by atoms with van der Waals surface area (Å²) in [7, 11) is 3.22. The summed E-state index contributed by atoms with van der Waals surface area (Å²) in [5.74, 6) is 2.67. The standard InChI is InChI=1S/C26H21IN2O5S/c1-31-17-6-5-7-18(15-17)33-10-11-34-24-19(27)12-16(13-22(24)32-2)14-23-25(30)29-21-9-4-3-8-20(21)28-26(29)35-23/h3-9,12-15H,10-11H2,1-2H3/b23-14-. The lowest BCUT2D eigenvalue weighted by Crippen LogP contribution is -2.22. The third-order valence-electron chi connectivity index (χ3n) is 5.33. The summed E-state index contributed by atoms with van der Waals surface area (Å²) < 4.78 is 25.7. The molecule has 3 aromatic carbocycles. The van der Waals surface area contributed by atoms with E-state index in [1.807, 2.05) is 66.7 Å². The Kier molecular flexibility index (Phi) is 6.78. The fourth-order valence-electron chi connectivity index (χ4n) is 3.72. The predicted octanol–water partition coefficient (Wildman–Crippen LogP) is 4.54. The van der Waals surface area contributed by atoms with Gasteiger partial charge in [-0.25, -0.2) is 9.38 Å². The number of rotatable bonds is 8. The number of fused-ring (bicyclic) bond motifs is 3. The molecule has 35 heavy (non-hydrogen) atoms. The number of para-hydroxylation sites is 2. The van der Waals surface area contributed by atoms with Crippen LogP contribution in [-0.2, 0) is 0 Å². The summed E-state index contributed by atoms with van der Waals surface area (Å²) in [6, 6.07) is 18.9. The first kappa shape index (κ1) is 23.4. The molecule has 0 fully saturated rings. The van der Waals surface area contributed by atoms with Crippen molar-refractivity contribution in [3.63, 3.8) is 0 Å². The Balaban J connectivity index is 1.36. The molecule has 5 aromatic rings. The van der Waals surface area contributed by atoms with Crippen molar-refractivity contribution in [1.29, 1.82) is 0 Å². The van der Waals surface area contributed by atoms with E-state index in [2.05, 4.69) is 27.6 Å². The first-order valence-electron chi connectivity index (χ1n) is 10.8. The van der Waals surface area contributed by atoms with Crippen LogP contribution in [0.25, 0.3) is 22.1 Å². The topological polar surface area (TPSA) is 71.3 Å². The van der Waals surface area contributed by atoms with Crippen LogP contribution < -0.4 is 29.0 Å². The SMILES string of the molecule is COc1cccc(OCCOc2c(I)cc(/C=c3\sc4nc5ccccc5n4c3=O)cc2OC)c1. The molecule has 0 aliphatic rings. The van der Waals surface area contributed by atoms with Crippen LogP contribution >= 0.6 is 33.9 Å². The lowest BCUT2D eigenvalue weighted by atomic mass is 10.2. The molecule has 178 valence electrons. The number of ether oxygens (including phenoxy) is 4. The van der Waals surface area contributed by atoms with Crippen molar-refractivity contribution in [2.24, 2.45) is 0 Å². The van der Waals surface area contributed by atoms with Crippen molar-refractivity contribution in [2.45, 2.75) is 0 Å². The predicted molar refractivity (Wildman–Crippen MR) is 145 cm³/mol. The minimum Gasteiger partial charge on any atom is -0.497 e. The van der Waals surface area contributed by atoms with Gasteiger partial charge in [-0.2, -0.15) is 0 Å². The Morgan fingerprint density at radius 1 is 0.971 bits per heavy atom. The van der Waals surface area contributed by atoms with Crippen molar-refractivity contribution in [3.8, 4) is 23.0 Å². The molecule has 2 heterocycles. The average molecular weight is 600 g/mol. The van der Waals surface area contributed by atoms with Gasteiger partial charge >= 0.3 is 0 Å². The number of thiazole rings is 1. The lowest BCUT2D eigenvalue weighted by Gasteiger charge is -2.14. The summed E-state index contributed by atoms with van der Waals surface area (Å²) in [5, 5.41) is 0. The molecule has 0 aliphatic carbocycles. The molecule has 5 rings (SSSR count). The second-order valence-electron chi connectivity index (χ2n) is 7.54.